The summed E-state index contributed by atoms with van der Waals surface area (Å²) in [4.78, 5) is 0. The summed E-state index contributed by atoms with van der Waals surface area (Å²) in [7, 11) is 1.65. The van der Waals surface area contributed by atoms with Crippen LogP contribution in [0.3, 0.4) is 0 Å². The second-order valence-corrected chi connectivity index (χ2v) is 6.92. The van der Waals surface area contributed by atoms with Crippen molar-refractivity contribution in [1.82, 2.24) is 14.8 Å². The molecule has 0 saturated heterocycles. The van der Waals surface area contributed by atoms with Crippen LogP contribution in [0.15, 0.2) is 53.7 Å². The van der Waals surface area contributed by atoms with Gasteiger partial charge in [0.25, 0.3) is 0 Å². The van der Waals surface area contributed by atoms with E-state index in [9.17, 15) is 0 Å². The highest BCUT2D eigenvalue weighted by Gasteiger charge is 2.18. The standard InChI is InChI=1S/C20H23N3O3S/c1-15-7-9-16(10-8-15)23-19(17-5-3-4-6-18(17)25-2)21-22-20(23)27-14-13-26-12-11-24/h3-10,24H,11-14H2,1-2H3. The molecule has 0 saturated carbocycles. The number of methoxy groups -OCH3 is 1. The summed E-state index contributed by atoms with van der Waals surface area (Å²) in [6.07, 6.45) is 0. The molecule has 1 heterocycles. The van der Waals surface area contributed by atoms with Crippen LogP contribution in [0, 0.1) is 6.92 Å². The number of hydrogen-bond acceptors (Lipinski definition) is 6. The summed E-state index contributed by atoms with van der Waals surface area (Å²) in [5, 5.41) is 18.4. The van der Waals surface area contributed by atoms with E-state index in [1.165, 1.54) is 5.56 Å². The van der Waals surface area contributed by atoms with E-state index in [1.54, 1.807) is 18.9 Å². The fourth-order valence-electron chi connectivity index (χ4n) is 2.65. The normalized spacial score (nSPS) is 10.9. The Bertz CT molecular complexity index is 865. The van der Waals surface area contributed by atoms with Crippen LogP contribution in [-0.2, 0) is 4.74 Å². The molecule has 0 aliphatic carbocycles. The highest BCUT2D eigenvalue weighted by atomic mass is 32.2. The molecule has 1 N–H and O–H groups in total. The van der Waals surface area contributed by atoms with Crippen LogP contribution in [-0.4, -0.2) is 52.6 Å². The van der Waals surface area contributed by atoms with Crippen LogP contribution < -0.4 is 4.74 Å². The monoisotopic (exact) mass is 385 g/mol. The maximum Gasteiger partial charge on any atom is 0.196 e. The zero-order chi connectivity index (χ0) is 19.1. The predicted molar refractivity (Wildman–Crippen MR) is 107 cm³/mol. The smallest absolute Gasteiger partial charge is 0.196 e. The fraction of sp³-hybridized carbons (Fsp3) is 0.300. The maximum atomic E-state index is 8.81. The zero-order valence-corrected chi connectivity index (χ0v) is 16.3. The molecule has 7 heteroatoms. The van der Waals surface area contributed by atoms with Crippen molar-refractivity contribution in [3.8, 4) is 22.8 Å². The van der Waals surface area contributed by atoms with Crippen molar-refractivity contribution < 1.29 is 14.6 Å². The summed E-state index contributed by atoms with van der Waals surface area (Å²) < 4.78 is 12.9. The van der Waals surface area contributed by atoms with E-state index in [-0.39, 0.29) is 6.61 Å². The van der Waals surface area contributed by atoms with Gasteiger partial charge in [-0.05, 0) is 31.2 Å². The zero-order valence-electron chi connectivity index (χ0n) is 15.5. The molecule has 3 rings (SSSR count). The van der Waals surface area contributed by atoms with Crippen LogP contribution >= 0.6 is 11.8 Å². The Labute approximate surface area is 163 Å². The van der Waals surface area contributed by atoms with E-state index in [4.69, 9.17) is 14.6 Å². The molecular weight excluding hydrogens is 362 g/mol. The Morgan fingerprint density at radius 1 is 1.04 bits per heavy atom. The van der Waals surface area contributed by atoms with E-state index >= 15 is 0 Å². The summed E-state index contributed by atoms with van der Waals surface area (Å²) in [5.41, 5.74) is 3.07. The first-order chi connectivity index (χ1) is 13.2. The van der Waals surface area contributed by atoms with Crippen LogP contribution in [0.4, 0.5) is 0 Å². The summed E-state index contributed by atoms with van der Waals surface area (Å²) in [5.74, 6) is 2.20. The van der Waals surface area contributed by atoms with E-state index < -0.39 is 0 Å². The lowest BCUT2D eigenvalue weighted by Crippen LogP contribution is -2.04. The van der Waals surface area contributed by atoms with Crippen molar-refractivity contribution in [2.24, 2.45) is 0 Å². The van der Waals surface area contributed by atoms with Crippen molar-refractivity contribution in [3.05, 3.63) is 54.1 Å². The number of benzene rings is 2. The van der Waals surface area contributed by atoms with Crippen LogP contribution in [0.1, 0.15) is 5.56 Å². The van der Waals surface area contributed by atoms with Gasteiger partial charge in [-0.25, -0.2) is 0 Å². The number of aliphatic hydroxyl groups excluding tert-OH is 1. The number of aliphatic hydroxyl groups is 1. The first kappa shape index (κ1) is 19.4. The molecule has 0 aliphatic rings. The minimum atomic E-state index is 0.0299. The molecule has 6 nitrogen and oxygen atoms in total. The molecule has 2 aromatic carbocycles. The van der Waals surface area contributed by atoms with E-state index in [0.29, 0.717) is 13.2 Å². The minimum absolute atomic E-state index is 0.0299. The third-order valence-electron chi connectivity index (χ3n) is 3.97. The van der Waals surface area contributed by atoms with Crippen LogP contribution in [0.5, 0.6) is 5.75 Å². The lowest BCUT2D eigenvalue weighted by Gasteiger charge is -2.12. The molecule has 3 aromatic rings. The van der Waals surface area contributed by atoms with Crippen molar-refractivity contribution in [1.29, 1.82) is 0 Å². The lowest BCUT2D eigenvalue weighted by atomic mass is 10.1. The van der Waals surface area contributed by atoms with Gasteiger partial charge in [-0.1, -0.05) is 41.6 Å². The van der Waals surface area contributed by atoms with Crippen molar-refractivity contribution in [2.45, 2.75) is 12.1 Å². The Morgan fingerprint density at radius 3 is 2.56 bits per heavy atom. The number of thioether (sulfide) groups is 1. The van der Waals surface area contributed by atoms with Gasteiger partial charge in [-0.15, -0.1) is 10.2 Å². The number of para-hydroxylation sites is 1. The van der Waals surface area contributed by atoms with Gasteiger partial charge in [-0.2, -0.15) is 0 Å². The molecule has 0 fully saturated rings. The molecule has 1 aromatic heterocycles. The third-order valence-corrected chi connectivity index (χ3v) is 4.86. The number of rotatable bonds is 9. The Balaban J connectivity index is 1.97. The van der Waals surface area contributed by atoms with Gasteiger partial charge in [0.1, 0.15) is 5.75 Å². The fourth-order valence-corrected chi connectivity index (χ4v) is 3.46. The number of ether oxygens (including phenoxy) is 2. The highest BCUT2D eigenvalue weighted by molar-refractivity contribution is 7.99. The topological polar surface area (TPSA) is 69.4 Å². The molecule has 0 bridgehead atoms. The number of hydrogen-bond donors (Lipinski definition) is 1. The molecule has 0 radical (unpaired) electrons. The maximum absolute atomic E-state index is 8.81. The number of nitrogens with zero attached hydrogens (tertiary/aromatic N) is 3. The molecular formula is C20H23N3O3S. The van der Waals surface area contributed by atoms with Gasteiger partial charge in [0, 0.05) is 11.4 Å². The molecule has 27 heavy (non-hydrogen) atoms. The molecule has 142 valence electrons. The van der Waals surface area contributed by atoms with E-state index in [1.807, 2.05) is 28.8 Å². The lowest BCUT2D eigenvalue weighted by molar-refractivity contribution is 0.103. The molecule has 0 atom stereocenters. The second kappa shape index (κ2) is 9.55. The van der Waals surface area contributed by atoms with Crippen molar-refractivity contribution in [3.63, 3.8) is 0 Å². The van der Waals surface area contributed by atoms with Gasteiger partial charge in [0.05, 0.1) is 32.5 Å². The first-order valence-electron chi connectivity index (χ1n) is 8.72. The third kappa shape index (κ3) is 4.68. The average molecular weight is 385 g/mol. The van der Waals surface area contributed by atoms with Gasteiger partial charge in [0.15, 0.2) is 11.0 Å². The summed E-state index contributed by atoms with van der Waals surface area (Å²) in [6, 6.07) is 16.0. The van der Waals surface area contributed by atoms with Gasteiger partial charge in [-0.3, -0.25) is 4.57 Å². The summed E-state index contributed by atoms with van der Waals surface area (Å²) in [6.45, 7) is 2.97. The second-order valence-electron chi connectivity index (χ2n) is 5.86. The number of aryl methyl sites for hydroxylation is 1. The summed E-state index contributed by atoms with van der Waals surface area (Å²) >= 11 is 1.57. The minimum Gasteiger partial charge on any atom is -0.496 e. The SMILES string of the molecule is COc1ccccc1-c1nnc(SCCOCCO)n1-c1ccc(C)cc1. The van der Waals surface area contributed by atoms with Crippen molar-refractivity contribution >= 4 is 11.8 Å². The predicted octanol–water partition coefficient (Wildman–Crippen LogP) is 3.35. The molecule has 0 spiro atoms. The molecule has 0 unspecified atom stereocenters. The number of aromatic nitrogens is 3. The Morgan fingerprint density at radius 2 is 1.81 bits per heavy atom. The Kier molecular flexibility index (Phi) is 6.86. The average Bonchev–Trinajstić information content (AvgIpc) is 3.12. The molecule has 0 aliphatic heterocycles. The van der Waals surface area contributed by atoms with Gasteiger partial charge >= 0.3 is 0 Å². The largest absolute Gasteiger partial charge is 0.496 e. The molecule has 0 amide bonds. The van der Waals surface area contributed by atoms with Crippen molar-refractivity contribution in [2.75, 3.05) is 32.7 Å². The quantitative estimate of drug-likeness (QED) is 0.450. The van der Waals surface area contributed by atoms with Crippen LogP contribution in [0.25, 0.3) is 17.1 Å². The Hall–Kier alpha value is -2.35. The van der Waals surface area contributed by atoms with E-state index in [0.717, 1.165) is 33.7 Å². The van der Waals surface area contributed by atoms with Crippen LogP contribution in [0.2, 0.25) is 0 Å². The van der Waals surface area contributed by atoms with E-state index in [2.05, 4.69) is 41.4 Å². The van der Waals surface area contributed by atoms with Gasteiger partial charge < -0.3 is 14.6 Å². The highest BCUT2D eigenvalue weighted by Crippen LogP contribution is 2.33. The first-order valence-corrected chi connectivity index (χ1v) is 9.70. The van der Waals surface area contributed by atoms with Gasteiger partial charge in [0.2, 0.25) is 0 Å².